The Hall–Kier alpha value is -2.54. The number of nitrogens with two attached hydrogens (primary N) is 1. The summed E-state index contributed by atoms with van der Waals surface area (Å²) in [4.78, 5) is 12.3. The quantitative estimate of drug-likeness (QED) is 0.893. The summed E-state index contributed by atoms with van der Waals surface area (Å²) in [5.41, 5.74) is 6.17. The second kappa shape index (κ2) is 5.92. The van der Waals surface area contributed by atoms with Gasteiger partial charge in [0.1, 0.15) is 11.6 Å². The van der Waals surface area contributed by atoms with Gasteiger partial charge in [0.2, 0.25) is 0 Å². The van der Waals surface area contributed by atoms with Crippen molar-refractivity contribution in [1.82, 2.24) is 0 Å². The van der Waals surface area contributed by atoms with Crippen LogP contribution in [0.25, 0.3) is 0 Å². The third-order valence-corrected chi connectivity index (χ3v) is 3.61. The molecule has 0 aliphatic carbocycles. The van der Waals surface area contributed by atoms with Gasteiger partial charge in [-0.1, -0.05) is 0 Å². The first kappa shape index (κ1) is 15.4. The highest BCUT2D eigenvalue weighted by atomic mass is 19.2. The van der Waals surface area contributed by atoms with Gasteiger partial charge in [-0.3, -0.25) is 4.79 Å². The zero-order chi connectivity index (χ0) is 16.6. The van der Waals surface area contributed by atoms with E-state index in [0.29, 0.717) is 6.42 Å². The molecule has 4 nitrogen and oxygen atoms in total. The van der Waals surface area contributed by atoms with E-state index in [2.05, 4.69) is 5.32 Å². The van der Waals surface area contributed by atoms with Gasteiger partial charge in [-0.05, 0) is 24.3 Å². The summed E-state index contributed by atoms with van der Waals surface area (Å²) >= 11 is 0. The molecule has 1 aliphatic rings. The van der Waals surface area contributed by atoms with Gasteiger partial charge < -0.3 is 15.8 Å². The van der Waals surface area contributed by atoms with Crippen molar-refractivity contribution in [2.24, 2.45) is 5.73 Å². The molecule has 0 aromatic heterocycles. The van der Waals surface area contributed by atoms with Gasteiger partial charge >= 0.3 is 0 Å². The van der Waals surface area contributed by atoms with Crippen molar-refractivity contribution in [3.63, 3.8) is 0 Å². The summed E-state index contributed by atoms with van der Waals surface area (Å²) in [5, 5.41) is 2.42. The van der Waals surface area contributed by atoms with Crippen LogP contribution in [-0.2, 0) is 0 Å². The molecule has 7 heteroatoms. The molecule has 2 aromatic rings. The molecule has 0 spiro atoms. The van der Waals surface area contributed by atoms with Crippen molar-refractivity contribution in [3.05, 3.63) is 58.9 Å². The Morgan fingerprint density at radius 1 is 1.13 bits per heavy atom. The number of amides is 1. The molecule has 0 radical (unpaired) electrons. The molecule has 2 aromatic carbocycles. The number of carbonyl (C=O) groups is 1. The lowest BCUT2D eigenvalue weighted by Crippen LogP contribution is -2.25. The molecule has 1 aliphatic heterocycles. The summed E-state index contributed by atoms with van der Waals surface area (Å²) in [7, 11) is 0. The minimum atomic E-state index is -1.08. The minimum absolute atomic E-state index is 0.0760. The van der Waals surface area contributed by atoms with Crippen LogP contribution in [0.15, 0.2) is 30.3 Å². The van der Waals surface area contributed by atoms with Crippen molar-refractivity contribution >= 4 is 11.6 Å². The minimum Gasteiger partial charge on any atom is -0.492 e. The molecule has 3 N–H and O–H groups in total. The largest absolute Gasteiger partial charge is 0.492 e. The van der Waals surface area contributed by atoms with Crippen LogP contribution in [0.5, 0.6) is 5.75 Å². The van der Waals surface area contributed by atoms with Crippen LogP contribution in [0.3, 0.4) is 0 Å². The number of carbonyl (C=O) groups excluding carboxylic acids is 1. The lowest BCUT2D eigenvalue weighted by atomic mass is 9.97. The van der Waals surface area contributed by atoms with Gasteiger partial charge in [0, 0.05) is 29.8 Å². The van der Waals surface area contributed by atoms with Crippen LogP contribution in [0, 0.1) is 17.5 Å². The maximum atomic E-state index is 13.9. The zero-order valence-electron chi connectivity index (χ0n) is 11.9. The highest BCUT2D eigenvalue weighted by Crippen LogP contribution is 2.36. The molecular formula is C16H13F3N2O2. The summed E-state index contributed by atoms with van der Waals surface area (Å²) in [6.45, 7) is 0.267. The maximum absolute atomic E-state index is 13.9. The predicted molar refractivity (Wildman–Crippen MR) is 77.8 cm³/mol. The SMILES string of the molecule is NC1CCOc2c(C(=O)Nc3ccc(F)c(F)c3)ccc(F)c21. The number of fused-ring (bicyclic) bond motifs is 1. The van der Waals surface area contributed by atoms with E-state index in [-0.39, 0.29) is 29.2 Å². The zero-order valence-corrected chi connectivity index (χ0v) is 11.9. The highest BCUT2D eigenvalue weighted by Gasteiger charge is 2.27. The number of rotatable bonds is 2. The van der Waals surface area contributed by atoms with Crippen LogP contribution in [0.2, 0.25) is 0 Å². The molecule has 23 heavy (non-hydrogen) atoms. The van der Waals surface area contributed by atoms with E-state index in [4.69, 9.17) is 10.5 Å². The summed E-state index contributed by atoms with van der Waals surface area (Å²) in [6.07, 6.45) is 0.443. The Morgan fingerprint density at radius 3 is 2.61 bits per heavy atom. The fourth-order valence-corrected chi connectivity index (χ4v) is 2.46. The highest BCUT2D eigenvalue weighted by molar-refractivity contribution is 6.06. The fraction of sp³-hybridized carbons (Fsp3) is 0.188. The van der Waals surface area contributed by atoms with Crippen molar-refractivity contribution in [2.75, 3.05) is 11.9 Å². The lowest BCUT2D eigenvalue weighted by Gasteiger charge is -2.25. The number of anilines is 1. The van der Waals surface area contributed by atoms with Crippen molar-refractivity contribution in [2.45, 2.75) is 12.5 Å². The first-order valence-corrected chi connectivity index (χ1v) is 6.94. The van der Waals surface area contributed by atoms with Crippen molar-refractivity contribution in [1.29, 1.82) is 0 Å². The molecule has 0 bridgehead atoms. The van der Waals surface area contributed by atoms with Crippen LogP contribution in [-0.4, -0.2) is 12.5 Å². The lowest BCUT2D eigenvalue weighted by molar-refractivity contribution is 0.102. The fourth-order valence-electron chi connectivity index (χ4n) is 2.46. The molecule has 1 amide bonds. The summed E-state index contributed by atoms with van der Waals surface area (Å²) in [5.74, 6) is -3.18. The molecule has 0 saturated heterocycles. The van der Waals surface area contributed by atoms with Gasteiger partial charge in [-0.15, -0.1) is 0 Å². The molecule has 0 saturated carbocycles. The van der Waals surface area contributed by atoms with Crippen LogP contribution in [0.1, 0.15) is 28.4 Å². The van der Waals surface area contributed by atoms with E-state index >= 15 is 0 Å². The van der Waals surface area contributed by atoms with E-state index < -0.39 is 29.4 Å². The molecule has 1 unspecified atom stereocenters. The number of ether oxygens (including phenoxy) is 1. The molecular weight excluding hydrogens is 309 g/mol. The van der Waals surface area contributed by atoms with Gasteiger partial charge in [-0.25, -0.2) is 13.2 Å². The van der Waals surface area contributed by atoms with E-state index in [0.717, 1.165) is 18.2 Å². The third-order valence-electron chi connectivity index (χ3n) is 3.61. The average molecular weight is 322 g/mol. The predicted octanol–water partition coefficient (Wildman–Crippen LogP) is 3.14. The second-order valence-corrected chi connectivity index (χ2v) is 5.16. The van der Waals surface area contributed by atoms with Gasteiger partial charge in [0.25, 0.3) is 5.91 Å². The number of nitrogens with one attached hydrogen (secondary N) is 1. The second-order valence-electron chi connectivity index (χ2n) is 5.16. The first-order chi connectivity index (χ1) is 11.0. The molecule has 0 fully saturated rings. The smallest absolute Gasteiger partial charge is 0.259 e. The molecule has 3 rings (SSSR count). The Bertz CT molecular complexity index is 780. The average Bonchev–Trinajstić information content (AvgIpc) is 2.51. The third kappa shape index (κ3) is 2.87. The van der Waals surface area contributed by atoms with E-state index in [9.17, 15) is 18.0 Å². The molecule has 1 atom stereocenters. The Balaban J connectivity index is 1.94. The van der Waals surface area contributed by atoms with E-state index in [1.807, 2.05) is 0 Å². The van der Waals surface area contributed by atoms with Crippen LogP contribution < -0.4 is 15.8 Å². The maximum Gasteiger partial charge on any atom is 0.259 e. The topological polar surface area (TPSA) is 64.3 Å². The monoisotopic (exact) mass is 322 g/mol. The van der Waals surface area contributed by atoms with Gasteiger partial charge in [0.15, 0.2) is 11.6 Å². The van der Waals surface area contributed by atoms with Gasteiger partial charge in [-0.2, -0.15) is 0 Å². The van der Waals surface area contributed by atoms with E-state index in [1.165, 1.54) is 12.1 Å². The Labute approximate surface area is 130 Å². The normalized spacial score (nSPS) is 16.4. The standard InChI is InChI=1S/C16H13F3N2O2/c17-10-3-1-8(7-12(10)19)21-16(22)9-2-4-11(18)14-13(20)5-6-23-15(9)14/h1-4,7,13H,5-6,20H2,(H,21,22). The molecule has 1 heterocycles. The van der Waals surface area contributed by atoms with Crippen molar-refractivity contribution < 1.29 is 22.7 Å². The van der Waals surface area contributed by atoms with E-state index in [1.54, 1.807) is 0 Å². The van der Waals surface area contributed by atoms with Crippen LogP contribution >= 0.6 is 0 Å². The number of hydrogen-bond donors (Lipinski definition) is 2. The van der Waals surface area contributed by atoms with Gasteiger partial charge in [0.05, 0.1) is 12.2 Å². The van der Waals surface area contributed by atoms with Crippen molar-refractivity contribution in [3.8, 4) is 5.75 Å². The number of halogens is 3. The Morgan fingerprint density at radius 2 is 1.87 bits per heavy atom. The molecule has 120 valence electrons. The Kier molecular flexibility index (Phi) is 3.96. The number of benzene rings is 2. The summed E-state index contributed by atoms with van der Waals surface area (Å²) in [6, 6.07) is 4.82. The first-order valence-electron chi connectivity index (χ1n) is 6.94. The number of hydrogen-bond acceptors (Lipinski definition) is 3. The summed E-state index contributed by atoms with van der Waals surface area (Å²) < 4.78 is 45.4. The van der Waals surface area contributed by atoms with Crippen LogP contribution in [0.4, 0.5) is 18.9 Å².